The number of nitrogens with zero attached hydrogens (tertiary/aromatic N) is 3. The summed E-state index contributed by atoms with van der Waals surface area (Å²) in [7, 11) is 0. The number of carbonyl (C=O) groups excluding carboxylic acids is 1. The largest absolute Gasteiger partial charge is 0.340 e. The monoisotopic (exact) mass is 353 g/mol. The van der Waals surface area contributed by atoms with Crippen molar-refractivity contribution in [3.05, 3.63) is 76.3 Å². The summed E-state index contributed by atoms with van der Waals surface area (Å²) in [6.45, 7) is 4.06. The van der Waals surface area contributed by atoms with Crippen molar-refractivity contribution in [1.29, 1.82) is 0 Å². The van der Waals surface area contributed by atoms with Crippen LogP contribution < -0.4 is 16.2 Å². The maximum Gasteiger partial charge on any atom is 0.320 e. The summed E-state index contributed by atoms with van der Waals surface area (Å²) in [6.07, 6.45) is 1.60. The van der Waals surface area contributed by atoms with Crippen molar-refractivity contribution >= 4 is 11.7 Å². The molecule has 0 radical (unpaired) electrons. The third-order valence-corrected chi connectivity index (χ3v) is 3.79. The Balaban J connectivity index is 1.80. The molecule has 1 aromatic carbocycles. The van der Waals surface area contributed by atoms with Gasteiger partial charge in [0.05, 0.1) is 5.69 Å². The molecule has 26 heavy (non-hydrogen) atoms. The minimum atomic E-state index is -0.564. The van der Waals surface area contributed by atoms with Crippen molar-refractivity contribution < 1.29 is 9.32 Å². The van der Waals surface area contributed by atoms with Crippen LogP contribution in [0, 0.1) is 6.92 Å². The van der Waals surface area contributed by atoms with E-state index in [4.69, 9.17) is 4.52 Å². The number of pyridine rings is 1. The molecule has 2 heterocycles. The Morgan fingerprint density at radius 1 is 1.23 bits per heavy atom. The number of aryl methyl sites for hydroxylation is 2. The highest BCUT2D eigenvalue weighted by molar-refractivity contribution is 5.89. The second-order valence-electron chi connectivity index (χ2n) is 5.66. The normalized spacial score (nSPS) is 11.8. The van der Waals surface area contributed by atoms with Gasteiger partial charge in [-0.15, -0.1) is 0 Å². The Hall–Kier alpha value is -3.42. The zero-order chi connectivity index (χ0) is 18.5. The molecule has 0 fully saturated rings. The third-order valence-electron chi connectivity index (χ3n) is 3.79. The summed E-state index contributed by atoms with van der Waals surface area (Å²) in [6, 6.07) is 11.3. The van der Waals surface area contributed by atoms with E-state index in [0.29, 0.717) is 23.9 Å². The van der Waals surface area contributed by atoms with E-state index in [1.165, 1.54) is 10.6 Å². The number of carbonyl (C=O) groups is 1. The van der Waals surface area contributed by atoms with E-state index in [1.807, 2.05) is 37.3 Å². The van der Waals surface area contributed by atoms with Gasteiger partial charge in [0.15, 0.2) is 5.82 Å². The van der Waals surface area contributed by atoms with Gasteiger partial charge in [0.1, 0.15) is 6.04 Å². The molecule has 0 saturated carbocycles. The van der Waals surface area contributed by atoms with Gasteiger partial charge >= 0.3 is 6.03 Å². The predicted molar refractivity (Wildman–Crippen MR) is 95.9 cm³/mol. The van der Waals surface area contributed by atoms with Crippen molar-refractivity contribution in [3.63, 3.8) is 0 Å². The predicted octanol–water partition coefficient (Wildman–Crippen LogP) is 2.47. The number of hydrogen-bond donors (Lipinski definition) is 2. The average molecular weight is 353 g/mol. The minimum Gasteiger partial charge on any atom is -0.340 e. The van der Waals surface area contributed by atoms with Crippen molar-refractivity contribution in [2.75, 3.05) is 5.32 Å². The first-order valence-electron chi connectivity index (χ1n) is 8.20. The van der Waals surface area contributed by atoms with Gasteiger partial charge in [-0.25, -0.2) is 4.79 Å². The summed E-state index contributed by atoms with van der Waals surface area (Å²) < 4.78 is 6.55. The zero-order valence-corrected chi connectivity index (χ0v) is 14.5. The number of urea groups is 1. The number of aromatic nitrogens is 3. The number of amides is 2. The second kappa shape index (κ2) is 7.64. The van der Waals surface area contributed by atoms with Crippen LogP contribution in [0.2, 0.25) is 0 Å². The standard InChI is InChI=1S/C18H19N5O3/c1-3-23-11-14(9-10-15(23)24)20-18(25)21-16(13-7-5-4-6-8-13)17-19-12(2)26-22-17/h4-11,16H,3H2,1-2H3,(H2,20,21,25). The van der Waals surface area contributed by atoms with E-state index >= 15 is 0 Å². The number of anilines is 1. The highest BCUT2D eigenvalue weighted by atomic mass is 16.5. The van der Waals surface area contributed by atoms with Crippen LogP contribution in [-0.2, 0) is 6.54 Å². The van der Waals surface area contributed by atoms with Crippen LogP contribution in [0.15, 0.2) is 58.0 Å². The van der Waals surface area contributed by atoms with Crippen LogP contribution in [0.3, 0.4) is 0 Å². The molecule has 0 saturated heterocycles. The summed E-state index contributed by atoms with van der Waals surface area (Å²) in [4.78, 5) is 28.3. The van der Waals surface area contributed by atoms with Gasteiger partial charge in [0, 0.05) is 25.7 Å². The number of benzene rings is 1. The van der Waals surface area contributed by atoms with E-state index in [9.17, 15) is 9.59 Å². The molecule has 0 aliphatic rings. The molecule has 3 rings (SSSR count). The Morgan fingerprint density at radius 2 is 2.00 bits per heavy atom. The Morgan fingerprint density at radius 3 is 2.65 bits per heavy atom. The Kier molecular flexibility index (Phi) is 5.12. The number of rotatable bonds is 5. The minimum absolute atomic E-state index is 0.122. The van der Waals surface area contributed by atoms with Crippen LogP contribution in [0.4, 0.5) is 10.5 Å². The molecule has 134 valence electrons. The molecule has 8 heteroatoms. The molecule has 0 aliphatic carbocycles. The van der Waals surface area contributed by atoms with Crippen molar-refractivity contribution in [2.24, 2.45) is 0 Å². The molecule has 3 aromatic rings. The number of nitrogens with one attached hydrogen (secondary N) is 2. The van der Waals surface area contributed by atoms with Gasteiger partial charge in [-0.05, 0) is 18.6 Å². The molecular weight excluding hydrogens is 334 g/mol. The van der Waals surface area contributed by atoms with Gasteiger partial charge in [-0.1, -0.05) is 35.5 Å². The molecule has 0 spiro atoms. The molecule has 0 bridgehead atoms. The van der Waals surface area contributed by atoms with Gasteiger partial charge in [-0.2, -0.15) is 4.98 Å². The summed E-state index contributed by atoms with van der Waals surface area (Å²) in [5.41, 5.74) is 1.21. The lowest BCUT2D eigenvalue weighted by atomic mass is 10.1. The van der Waals surface area contributed by atoms with Crippen LogP contribution in [0.1, 0.15) is 30.2 Å². The molecule has 2 aromatic heterocycles. The fraction of sp³-hybridized carbons (Fsp3) is 0.222. The first-order chi connectivity index (χ1) is 12.6. The zero-order valence-electron chi connectivity index (χ0n) is 14.5. The van der Waals surface area contributed by atoms with Crippen LogP contribution in [0.25, 0.3) is 0 Å². The van der Waals surface area contributed by atoms with E-state index in [2.05, 4.69) is 20.8 Å². The molecule has 0 aliphatic heterocycles. The fourth-order valence-electron chi connectivity index (χ4n) is 2.53. The lowest BCUT2D eigenvalue weighted by Gasteiger charge is -2.16. The van der Waals surface area contributed by atoms with Crippen molar-refractivity contribution in [2.45, 2.75) is 26.4 Å². The van der Waals surface area contributed by atoms with E-state index < -0.39 is 12.1 Å². The SMILES string of the molecule is CCn1cc(NC(=O)NC(c2ccccc2)c2noc(C)n2)ccc1=O. The highest BCUT2D eigenvalue weighted by Gasteiger charge is 2.22. The van der Waals surface area contributed by atoms with Crippen molar-refractivity contribution in [3.8, 4) is 0 Å². The second-order valence-corrected chi connectivity index (χ2v) is 5.66. The van der Waals surface area contributed by atoms with Gasteiger partial charge in [-0.3, -0.25) is 4.79 Å². The molecule has 8 nitrogen and oxygen atoms in total. The lowest BCUT2D eigenvalue weighted by Crippen LogP contribution is -2.34. The van der Waals surface area contributed by atoms with E-state index in [1.54, 1.807) is 19.2 Å². The van der Waals surface area contributed by atoms with E-state index in [0.717, 1.165) is 5.56 Å². The van der Waals surface area contributed by atoms with Crippen LogP contribution in [-0.4, -0.2) is 20.7 Å². The quantitative estimate of drug-likeness (QED) is 0.734. The summed E-state index contributed by atoms with van der Waals surface area (Å²) in [5.74, 6) is 0.778. The summed E-state index contributed by atoms with van der Waals surface area (Å²) in [5, 5.41) is 9.48. The smallest absolute Gasteiger partial charge is 0.320 e. The maximum absolute atomic E-state index is 12.5. The molecule has 2 N–H and O–H groups in total. The van der Waals surface area contributed by atoms with Gasteiger partial charge in [0.25, 0.3) is 5.56 Å². The third kappa shape index (κ3) is 3.97. The number of hydrogen-bond acceptors (Lipinski definition) is 5. The van der Waals surface area contributed by atoms with Gasteiger partial charge < -0.3 is 19.7 Å². The maximum atomic E-state index is 12.5. The van der Waals surface area contributed by atoms with Crippen LogP contribution >= 0.6 is 0 Å². The average Bonchev–Trinajstić information content (AvgIpc) is 3.08. The highest BCUT2D eigenvalue weighted by Crippen LogP contribution is 2.19. The molecular formula is C18H19N5O3. The molecule has 1 unspecified atom stereocenters. The molecule has 2 amide bonds. The first-order valence-corrected chi connectivity index (χ1v) is 8.20. The van der Waals surface area contributed by atoms with E-state index in [-0.39, 0.29) is 5.56 Å². The van der Waals surface area contributed by atoms with Crippen molar-refractivity contribution in [1.82, 2.24) is 20.0 Å². The first kappa shape index (κ1) is 17.4. The lowest BCUT2D eigenvalue weighted by molar-refractivity contribution is 0.249. The Bertz CT molecular complexity index is 949. The summed E-state index contributed by atoms with van der Waals surface area (Å²) >= 11 is 0. The topological polar surface area (TPSA) is 102 Å². The molecule has 1 atom stereocenters. The Labute approximate surface area is 149 Å². The fourth-order valence-corrected chi connectivity index (χ4v) is 2.53. The van der Waals surface area contributed by atoms with Gasteiger partial charge in [0.2, 0.25) is 5.89 Å². The van der Waals surface area contributed by atoms with Crippen LogP contribution in [0.5, 0.6) is 0 Å².